The summed E-state index contributed by atoms with van der Waals surface area (Å²) in [4.78, 5) is 22.9. The van der Waals surface area contributed by atoms with E-state index < -0.39 is 0 Å². The van der Waals surface area contributed by atoms with E-state index in [2.05, 4.69) is 26.0 Å². The molecule has 0 N–H and O–H groups in total. The van der Waals surface area contributed by atoms with E-state index in [4.69, 9.17) is 9.47 Å². The van der Waals surface area contributed by atoms with E-state index in [9.17, 15) is 9.59 Å². The second kappa shape index (κ2) is 22.0. The first-order valence-electron chi connectivity index (χ1n) is 11.7. The Morgan fingerprint density at radius 2 is 1.04 bits per heavy atom. The molecule has 0 bridgehead atoms. The quantitative estimate of drug-likeness (QED) is 0.127. The first kappa shape index (κ1) is 26.7. The Bertz CT molecular complexity index is 390. The van der Waals surface area contributed by atoms with E-state index in [1.807, 2.05) is 0 Å². The van der Waals surface area contributed by atoms with Gasteiger partial charge in [0, 0.05) is 12.8 Å². The number of allylic oxidation sites excluding steroid dienone is 2. The third-order valence-electron chi connectivity index (χ3n) is 4.71. The summed E-state index contributed by atoms with van der Waals surface area (Å²) < 4.78 is 10.3. The fourth-order valence-electron chi connectivity index (χ4n) is 2.83. The Morgan fingerprint density at radius 1 is 0.571 bits per heavy atom. The average Bonchev–Trinajstić information content (AvgIpc) is 2.68. The van der Waals surface area contributed by atoms with Crippen molar-refractivity contribution in [3.8, 4) is 0 Å². The number of hydrogen-bond donors (Lipinski definition) is 0. The molecular formula is C24H44O4. The summed E-state index contributed by atoms with van der Waals surface area (Å²) in [6, 6.07) is 0. The number of esters is 2. The molecule has 0 saturated heterocycles. The van der Waals surface area contributed by atoms with E-state index in [1.165, 1.54) is 38.5 Å². The van der Waals surface area contributed by atoms with Crippen LogP contribution in [-0.4, -0.2) is 25.2 Å². The lowest BCUT2D eigenvalue weighted by atomic mass is 10.1. The molecule has 0 unspecified atom stereocenters. The second-order valence-corrected chi connectivity index (χ2v) is 7.53. The number of ether oxygens (including phenoxy) is 2. The average molecular weight is 397 g/mol. The van der Waals surface area contributed by atoms with Crippen LogP contribution in [0.5, 0.6) is 0 Å². The maximum Gasteiger partial charge on any atom is 0.306 e. The summed E-state index contributed by atoms with van der Waals surface area (Å²) in [5, 5.41) is 0. The Hall–Kier alpha value is -1.32. The molecule has 0 spiro atoms. The molecule has 0 radical (unpaired) electrons. The predicted molar refractivity (Wildman–Crippen MR) is 116 cm³/mol. The van der Waals surface area contributed by atoms with Gasteiger partial charge in [0.15, 0.2) is 0 Å². The minimum Gasteiger partial charge on any atom is -0.466 e. The van der Waals surface area contributed by atoms with Gasteiger partial charge in [0.2, 0.25) is 0 Å². The van der Waals surface area contributed by atoms with E-state index in [1.54, 1.807) is 0 Å². The normalized spacial score (nSPS) is 11.1. The van der Waals surface area contributed by atoms with Gasteiger partial charge in [-0.25, -0.2) is 0 Å². The van der Waals surface area contributed by atoms with Crippen molar-refractivity contribution in [1.82, 2.24) is 0 Å². The summed E-state index contributed by atoms with van der Waals surface area (Å²) in [6.45, 7) is 5.33. The molecule has 0 fully saturated rings. The monoisotopic (exact) mass is 396 g/mol. The van der Waals surface area contributed by atoms with Gasteiger partial charge in [-0.05, 0) is 38.5 Å². The molecule has 0 amide bonds. The van der Waals surface area contributed by atoms with E-state index in [0.29, 0.717) is 26.1 Å². The van der Waals surface area contributed by atoms with Crippen LogP contribution in [0.3, 0.4) is 0 Å². The summed E-state index contributed by atoms with van der Waals surface area (Å²) in [7, 11) is 0. The lowest BCUT2D eigenvalue weighted by molar-refractivity contribution is -0.144. The van der Waals surface area contributed by atoms with Crippen LogP contribution in [0.2, 0.25) is 0 Å². The van der Waals surface area contributed by atoms with Gasteiger partial charge in [-0.3, -0.25) is 9.59 Å². The molecule has 0 saturated carbocycles. The molecule has 0 aliphatic carbocycles. The highest BCUT2D eigenvalue weighted by Crippen LogP contribution is 2.11. The first-order valence-corrected chi connectivity index (χ1v) is 11.7. The molecule has 0 aliphatic heterocycles. The van der Waals surface area contributed by atoms with Gasteiger partial charge in [-0.1, -0.05) is 77.4 Å². The van der Waals surface area contributed by atoms with Crippen LogP contribution in [0.1, 0.15) is 117 Å². The Labute approximate surface area is 173 Å². The minimum atomic E-state index is -0.0773. The standard InChI is InChI=1S/C24H44O4/c1-3-5-21-27-23(25)19-17-15-13-11-9-7-8-10-12-14-16-18-20-24(26)28-22-6-4-2/h13,15H,3-12,14,16-22H2,1-2H3/b15-13+. The van der Waals surface area contributed by atoms with Gasteiger partial charge in [0.25, 0.3) is 0 Å². The van der Waals surface area contributed by atoms with Crippen LogP contribution in [0, 0.1) is 0 Å². The highest BCUT2D eigenvalue weighted by molar-refractivity contribution is 5.69. The van der Waals surface area contributed by atoms with E-state index in [0.717, 1.165) is 51.4 Å². The second-order valence-electron chi connectivity index (χ2n) is 7.53. The summed E-state index contributed by atoms with van der Waals surface area (Å²) in [5.74, 6) is -0.110. The molecule has 28 heavy (non-hydrogen) atoms. The number of hydrogen-bond acceptors (Lipinski definition) is 4. The van der Waals surface area contributed by atoms with E-state index >= 15 is 0 Å². The van der Waals surface area contributed by atoms with Gasteiger partial charge in [-0.15, -0.1) is 0 Å². The van der Waals surface area contributed by atoms with Crippen molar-refractivity contribution in [2.75, 3.05) is 13.2 Å². The number of carbonyl (C=O) groups excluding carboxylic acids is 2. The molecule has 0 heterocycles. The smallest absolute Gasteiger partial charge is 0.306 e. The van der Waals surface area contributed by atoms with Crippen LogP contribution >= 0.6 is 0 Å². The van der Waals surface area contributed by atoms with Gasteiger partial charge >= 0.3 is 11.9 Å². The van der Waals surface area contributed by atoms with Crippen LogP contribution < -0.4 is 0 Å². The zero-order valence-corrected chi connectivity index (χ0v) is 18.5. The van der Waals surface area contributed by atoms with E-state index in [-0.39, 0.29) is 11.9 Å². The van der Waals surface area contributed by atoms with Crippen molar-refractivity contribution >= 4 is 11.9 Å². The van der Waals surface area contributed by atoms with Crippen molar-refractivity contribution < 1.29 is 19.1 Å². The zero-order chi connectivity index (χ0) is 20.7. The fraction of sp³-hybridized carbons (Fsp3) is 0.833. The molecule has 0 aromatic carbocycles. The van der Waals surface area contributed by atoms with Crippen molar-refractivity contribution in [3.05, 3.63) is 12.2 Å². The maximum atomic E-state index is 11.5. The number of carbonyl (C=O) groups is 2. The molecule has 0 aliphatic rings. The highest BCUT2D eigenvalue weighted by atomic mass is 16.5. The Kier molecular flexibility index (Phi) is 20.9. The molecule has 4 heteroatoms. The zero-order valence-electron chi connectivity index (χ0n) is 18.5. The minimum absolute atomic E-state index is 0.0325. The molecular weight excluding hydrogens is 352 g/mol. The Balaban J connectivity index is 3.25. The van der Waals surface area contributed by atoms with Crippen LogP contribution in [-0.2, 0) is 19.1 Å². The van der Waals surface area contributed by atoms with Crippen molar-refractivity contribution in [3.63, 3.8) is 0 Å². The SMILES string of the molecule is CCCCOC(=O)CC/C=C/CCCCCCCCCCC(=O)OCCCC. The number of rotatable bonds is 20. The molecule has 0 atom stereocenters. The molecule has 4 nitrogen and oxygen atoms in total. The predicted octanol–water partition coefficient (Wildman–Crippen LogP) is 6.91. The molecule has 0 aromatic rings. The lowest BCUT2D eigenvalue weighted by Crippen LogP contribution is -2.05. The first-order chi connectivity index (χ1) is 13.7. The molecule has 0 rings (SSSR count). The number of unbranched alkanes of at least 4 members (excludes halogenated alkanes) is 10. The maximum absolute atomic E-state index is 11.5. The van der Waals surface area contributed by atoms with Crippen molar-refractivity contribution in [2.24, 2.45) is 0 Å². The van der Waals surface area contributed by atoms with Gasteiger partial charge in [0.05, 0.1) is 13.2 Å². The summed E-state index contributed by atoms with van der Waals surface area (Å²) in [6.07, 6.45) is 21.0. The molecule has 0 aromatic heterocycles. The van der Waals surface area contributed by atoms with Crippen LogP contribution in [0.4, 0.5) is 0 Å². The largest absolute Gasteiger partial charge is 0.466 e. The van der Waals surface area contributed by atoms with Gasteiger partial charge in [0.1, 0.15) is 0 Å². The van der Waals surface area contributed by atoms with Gasteiger partial charge in [-0.2, -0.15) is 0 Å². The van der Waals surface area contributed by atoms with Gasteiger partial charge < -0.3 is 9.47 Å². The topological polar surface area (TPSA) is 52.6 Å². The summed E-state index contributed by atoms with van der Waals surface area (Å²) >= 11 is 0. The third-order valence-corrected chi connectivity index (χ3v) is 4.71. The fourth-order valence-corrected chi connectivity index (χ4v) is 2.83. The Morgan fingerprint density at radius 3 is 1.61 bits per heavy atom. The summed E-state index contributed by atoms with van der Waals surface area (Å²) in [5.41, 5.74) is 0. The van der Waals surface area contributed by atoms with Crippen LogP contribution in [0.25, 0.3) is 0 Å². The van der Waals surface area contributed by atoms with Crippen molar-refractivity contribution in [1.29, 1.82) is 0 Å². The van der Waals surface area contributed by atoms with Crippen molar-refractivity contribution in [2.45, 2.75) is 117 Å². The highest BCUT2D eigenvalue weighted by Gasteiger charge is 2.02. The molecule has 164 valence electrons. The lowest BCUT2D eigenvalue weighted by Gasteiger charge is -2.04. The van der Waals surface area contributed by atoms with Crippen LogP contribution in [0.15, 0.2) is 12.2 Å². The third kappa shape index (κ3) is 21.0.